The van der Waals surface area contributed by atoms with Crippen LogP contribution in [-0.4, -0.2) is 11.8 Å². The predicted molar refractivity (Wildman–Crippen MR) is 94.0 cm³/mol. The summed E-state index contributed by atoms with van der Waals surface area (Å²) in [5, 5.41) is 0. The van der Waals surface area contributed by atoms with Gasteiger partial charge in [-0.15, -0.1) is 0 Å². The van der Waals surface area contributed by atoms with Gasteiger partial charge in [-0.3, -0.25) is 4.99 Å². The van der Waals surface area contributed by atoms with E-state index in [1.165, 1.54) is 57.1 Å². The summed E-state index contributed by atoms with van der Waals surface area (Å²) in [6, 6.07) is 0.643. The molecule has 0 unspecified atom stereocenters. The van der Waals surface area contributed by atoms with Crippen LogP contribution in [0.5, 0.6) is 0 Å². The first-order valence-electron chi connectivity index (χ1n) is 9.22. The van der Waals surface area contributed by atoms with Gasteiger partial charge in [-0.1, -0.05) is 41.5 Å². The first kappa shape index (κ1) is 17.0. The summed E-state index contributed by atoms with van der Waals surface area (Å²) in [4.78, 5) is 5.14. The molecule has 2 aliphatic carbocycles. The molecular weight excluding hydrogens is 254 g/mol. The van der Waals surface area contributed by atoms with Crippen LogP contribution in [0.4, 0.5) is 0 Å². The van der Waals surface area contributed by atoms with Gasteiger partial charge in [0.25, 0.3) is 0 Å². The summed E-state index contributed by atoms with van der Waals surface area (Å²) in [6.07, 6.45) is 10.7. The lowest BCUT2D eigenvalue weighted by Gasteiger charge is -2.37. The van der Waals surface area contributed by atoms with E-state index in [2.05, 4.69) is 41.5 Å². The lowest BCUT2D eigenvalue weighted by Crippen LogP contribution is -2.29. The highest BCUT2D eigenvalue weighted by atomic mass is 14.8. The Kier molecular flexibility index (Phi) is 5.21. The van der Waals surface area contributed by atoms with Crippen LogP contribution in [-0.2, 0) is 0 Å². The van der Waals surface area contributed by atoms with E-state index in [0.717, 1.165) is 11.8 Å². The van der Waals surface area contributed by atoms with E-state index < -0.39 is 0 Å². The average Bonchev–Trinajstić information content (AvgIpc) is 2.38. The normalized spacial score (nSPS) is 32.1. The summed E-state index contributed by atoms with van der Waals surface area (Å²) >= 11 is 0. The van der Waals surface area contributed by atoms with Crippen LogP contribution >= 0.6 is 0 Å². The van der Waals surface area contributed by atoms with Crippen molar-refractivity contribution < 1.29 is 0 Å². The quantitative estimate of drug-likeness (QED) is 0.540. The summed E-state index contributed by atoms with van der Waals surface area (Å²) in [7, 11) is 0. The molecule has 0 bridgehead atoms. The third-order valence-electron chi connectivity index (χ3n) is 6.07. The molecule has 0 aromatic heterocycles. The number of rotatable bonds is 1. The molecule has 0 heterocycles. The van der Waals surface area contributed by atoms with E-state index in [9.17, 15) is 0 Å². The Labute approximate surface area is 133 Å². The maximum atomic E-state index is 5.14. The van der Waals surface area contributed by atoms with Gasteiger partial charge in [-0.25, -0.2) is 0 Å². The van der Waals surface area contributed by atoms with Gasteiger partial charge in [0.2, 0.25) is 0 Å². The molecule has 21 heavy (non-hydrogen) atoms. The minimum absolute atomic E-state index is 0.482. The minimum Gasteiger partial charge on any atom is -0.291 e. The van der Waals surface area contributed by atoms with Crippen molar-refractivity contribution in [1.82, 2.24) is 0 Å². The van der Waals surface area contributed by atoms with Crippen molar-refractivity contribution in [3.05, 3.63) is 0 Å². The third kappa shape index (κ3) is 4.83. The fourth-order valence-corrected chi connectivity index (χ4v) is 4.28. The summed E-state index contributed by atoms with van der Waals surface area (Å²) in [5.74, 6) is 1.80. The van der Waals surface area contributed by atoms with E-state index >= 15 is 0 Å². The van der Waals surface area contributed by atoms with E-state index in [1.807, 2.05) is 0 Å². The molecule has 0 radical (unpaired) electrons. The van der Waals surface area contributed by atoms with Crippen LogP contribution in [0.25, 0.3) is 0 Å². The standard InChI is InChI=1S/C20H37N/c1-19(2,3)15-7-11-17(12-8-15)21-18-13-9-16(10-14-18)20(4,5)6/h15-17H,7-14H2,1-6H3. The SMILES string of the molecule is CC(C)(C)C1CCC(=NC2CCC(C(C)(C)C)CC2)CC1. The molecule has 0 atom stereocenters. The zero-order valence-corrected chi connectivity index (χ0v) is 15.3. The maximum absolute atomic E-state index is 5.14. The van der Waals surface area contributed by atoms with Crippen molar-refractivity contribution in [2.75, 3.05) is 0 Å². The van der Waals surface area contributed by atoms with E-state index in [-0.39, 0.29) is 0 Å². The molecule has 1 nitrogen and oxygen atoms in total. The zero-order chi connectivity index (χ0) is 15.7. The van der Waals surface area contributed by atoms with E-state index in [0.29, 0.717) is 16.9 Å². The number of hydrogen-bond acceptors (Lipinski definition) is 1. The zero-order valence-electron chi connectivity index (χ0n) is 15.3. The van der Waals surface area contributed by atoms with Gasteiger partial charge in [0.1, 0.15) is 0 Å². The summed E-state index contributed by atoms with van der Waals surface area (Å²) in [6.45, 7) is 14.4. The molecule has 0 aliphatic heterocycles. The molecule has 0 spiro atoms. The molecular formula is C20H37N. The summed E-state index contributed by atoms with van der Waals surface area (Å²) < 4.78 is 0. The lowest BCUT2D eigenvalue weighted by molar-refractivity contribution is 0.170. The maximum Gasteiger partial charge on any atom is 0.0499 e. The molecule has 0 aromatic rings. The molecule has 1 heteroatoms. The topological polar surface area (TPSA) is 12.4 Å². The fraction of sp³-hybridized carbons (Fsp3) is 0.950. The molecule has 2 aliphatic rings. The van der Waals surface area contributed by atoms with Gasteiger partial charge in [-0.05, 0) is 74.0 Å². The van der Waals surface area contributed by atoms with Crippen LogP contribution in [0.1, 0.15) is 92.9 Å². The number of nitrogens with zero attached hydrogens (tertiary/aromatic N) is 1. The molecule has 122 valence electrons. The second-order valence-corrected chi connectivity index (χ2v) is 9.71. The Balaban J connectivity index is 1.81. The smallest absolute Gasteiger partial charge is 0.0499 e. The van der Waals surface area contributed by atoms with Crippen molar-refractivity contribution in [3.8, 4) is 0 Å². The highest BCUT2D eigenvalue weighted by Crippen LogP contribution is 2.40. The van der Waals surface area contributed by atoms with Crippen LogP contribution < -0.4 is 0 Å². The predicted octanol–water partition coefficient (Wildman–Crippen LogP) is 6.27. The first-order valence-corrected chi connectivity index (χ1v) is 9.22. The van der Waals surface area contributed by atoms with Gasteiger partial charge in [0.05, 0.1) is 0 Å². The second-order valence-electron chi connectivity index (χ2n) is 9.71. The van der Waals surface area contributed by atoms with Crippen LogP contribution in [0.2, 0.25) is 0 Å². The molecule has 0 saturated heterocycles. The fourth-order valence-electron chi connectivity index (χ4n) is 4.28. The highest BCUT2D eigenvalue weighted by molar-refractivity contribution is 5.85. The van der Waals surface area contributed by atoms with Gasteiger partial charge >= 0.3 is 0 Å². The summed E-state index contributed by atoms with van der Waals surface area (Å²) in [5.41, 5.74) is 2.51. The van der Waals surface area contributed by atoms with Crippen molar-refractivity contribution in [1.29, 1.82) is 0 Å². The minimum atomic E-state index is 0.482. The van der Waals surface area contributed by atoms with Crippen LogP contribution in [0.3, 0.4) is 0 Å². The van der Waals surface area contributed by atoms with Crippen molar-refractivity contribution >= 4 is 5.71 Å². The Morgan fingerprint density at radius 3 is 1.52 bits per heavy atom. The molecule has 2 fully saturated rings. The van der Waals surface area contributed by atoms with Crippen LogP contribution in [0, 0.1) is 22.7 Å². The Hall–Kier alpha value is -0.330. The molecule has 2 rings (SSSR count). The third-order valence-corrected chi connectivity index (χ3v) is 6.07. The van der Waals surface area contributed by atoms with Crippen molar-refractivity contribution in [2.24, 2.45) is 27.7 Å². The van der Waals surface area contributed by atoms with Crippen molar-refractivity contribution in [3.63, 3.8) is 0 Å². The van der Waals surface area contributed by atoms with Gasteiger partial charge in [-0.2, -0.15) is 0 Å². The largest absolute Gasteiger partial charge is 0.291 e. The molecule has 0 N–H and O–H groups in total. The Bertz CT molecular complexity index is 348. The Morgan fingerprint density at radius 2 is 1.10 bits per heavy atom. The molecule has 0 amide bonds. The van der Waals surface area contributed by atoms with Gasteiger partial charge in [0.15, 0.2) is 0 Å². The first-order chi connectivity index (χ1) is 9.66. The Morgan fingerprint density at radius 1 is 0.667 bits per heavy atom. The second kappa shape index (κ2) is 6.42. The molecule has 0 aromatic carbocycles. The van der Waals surface area contributed by atoms with Crippen LogP contribution in [0.15, 0.2) is 4.99 Å². The number of hydrogen-bond donors (Lipinski definition) is 0. The highest BCUT2D eigenvalue weighted by Gasteiger charge is 2.31. The monoisotopic (exact) mass is 291 g/mol. The number of aliphatic imine (C=N–C) groups is 1. The van der Waals surface area contributed by atoms with Gasteiger partial charge in [0, 0.05) is 11.8 Å². The van der Waals surface area contributed by atoms with Gasteiger partial charge < -0.3 is 0 Å². The average molecular weight is 292 g/mol. The lowest BCUT2D eigenvalue weighted by atomic mass is 9.71. The van der Waals surface area contributed by atoms with E-state index in [4.69, 9.17) is 4.99 Å². The van der Waals surface area contributed by atoms with E-state index in [1.54, 1.807) is 0 Å². The van der Waals surface area contributed by atoms with Crippen molar-refractivity contribution in [2.45, 2.75) is 99.0 Å². The molecule has 2 saturated carbocycles.